The first-order chi connectivity index (χ1) is 16.3. The number of carbonyl (C=O) groups excluding carboxylic acids is 1. The second kappa shape index (κ2) is 8.91. The maximum absolute atomic E-state index is 12.8. The third kappa shape index (κ3) is 4.26. The lowest BCUT2D eigenvalue weighted by Crippen LogP contribution is -2.19. The number of rotatable bonds is 7. The molecular formula is C18H12N10O6. The van der Waals surface area contributed by atoms with Crippen molar-refractivity contribution in [3.63, 3.8) is 0 Å². The van der Waals surface area contributed by atoms with Crippen LogP contribution in [0.15, 0.2) is 58.3 Å². The Labute approximate surface area is 187 Å². The van der Waals surface area contributed by atoms with Gasteiger partial charge in [0.25, 0.3) is 17.3 Å². The van der Waals surface area contributed by atoms with Crippen LogP contribution < -0.4 is 11.2 Å². The van der Waals surface area contributed by atoms with Crippen molar-refractivity contribution >= 4 is 29.3 Å². The Morgan fingerprint density at radius 3 is 2.47 bits per heavy atom. The number of amides is 1. The summed E-state index contributed by atoms with van der Waals surface area (Å²) in [5.74, 6) is -0.986. The van der Waals surface area contributed by atoms with E-state index < -0.39 is 15.8 Å². The number of nitro groups is 2. The van der Waals surface area contributed by atoms with Crippen molar-refractivity contribution in [1.82, 2.24) is 30.7 Å². The highest BCUT2D eigenvalue weighted by atomic mass is 16.6. The van der Waals surface area contributed by atoms with Crippen molar-refractivity contribution in [1.29, 1.82) is 0 Å². The maximum Gasteiger partial charge on any atom is 0.294 e. The summed E-state index contributed by atoms with van der Waals surface area (Å²) >= 11 is 0. The number of hydrogen-bond acceptors (Lipinski definition) is 12. The van der Waals surface area contributed by atoms with E-state index in [9.17, 15) is 25.0 Å². The Morgan fingerprint density at radius 1 is 1.09 bits per heavy atom. The summed E-state index contributed by atoms with van der Waals surface area (Å²) in [6.45, 7) is 0. The number of nitrogens with one attached hydrogen (secondary N) is 1. The molecule has 4 rings (SSSR count). The van der Waals surface area contributed by atoms with Gasteiger partial charge < -0.3 is 5.73 Å². The van der Waals surface area contributed by atoms with Crippen molar-refractivity contribution in [2.45, 2.75) is 0 Å². The molecule has 0 saturated heterocycles. The van der Waals surface area contributed by atoms with Crippen LogP contribution in [0.2, 0.25) is 0 Å². The van der Waals surface area contributed by atoms with Gasteiger partial charge in [0.2, 0.25) is 11.6 Å². The third-order valence-corrected chi connectivity index (χ3v) is 4.39. The van der Waals surface area contributed by atoms with Gasteiger partial charge in [0.1, 0.15) is 5.69 Å². The van der Waals surface area contributed by atoms with Gasteiger partial charge in [0, 0.05) is 35.4 Å². The Bertz CT molecular complexity index is 1430. The molecule has 16 heteroatoms. The molecule has 170 valence electrons. The van der Waals surface area contributed by atoms with Crippen molar-refractivity contribution < 1.29 is 19.3 Å². The Kier molecular flexibility index (Phi) is 5.68. The first-order valence-electron chi connectivity index (χ1n) is 9.22. The van der Waals surface area contributed by atoms with Crippen LogP contribution in [0.25, 0.3) is 17.1 Å². The molecule has 2 aromatic carbocycles. The molecule has 0 aliphatic heterocycles. The topological polar surface area (TPSA) is 223 Å². The SMILES string of the molecule is Nc1nonc1-n1nnc(C(=O)NN=Cc2cccc([N+](=O)[O-])c2)c1-c1ccc([N+](=O)[O-])cc1. The van der Waals surface area contributed by atoms with Gasteiger partial charge in [0.05, 0.1) is 16.1 Å². The van der Waals surface area contributed by atoms with Gasteiger partial charge in [-0.3, -0.25) is 25.0 Å². The first kappa shape index (κ1) is 21.7. The molecule has 3 N–H and O–H groups in total. The summed E-state index contributed by atoms with van der Waals surface area (Å²) in [6.07, 6.45) is 1.21. The average molecular weight is 464 g/mol. The number of carbonyl (C=O) groups is 1. The number of nitrogens with two attached hydrogens (primary N) is 1. The summed E-state index contributed by atoms with van der Waals surface area (Å²) in [4.78, 5) is 33.5. The van der Waals surface area contributed by atoms with Crippen LogP contribution in [0.1, 0.15) is 16.1 Å². The zero-order valence-electron chi connectivity index (χ0n) is 16.8. The molecule has 34 heavy (non-hydrogen) atoms. The molecule has 0 fully saturated rings. The van der Waals surface area contributed by atoms with Gasteiger partial charge in [-0.15, -0.1) is 5.10 Å². The predicted octanol–water partition coefficient (Wildman–Crippen LogP) is 1.48. The minimum atomic E-state index is -0.795. The predicted molar refractivity (Wildman–Crippen MR) is 114 cm³/mol. The van der Waals surface area contributed by atoms with Crippen LogP contribution in [0.5, 0.6) is 0 Å². The lowest BCUT2D eigenvalue weighted by atomic mass is 10.1. The molecule has 16 nitrogen and oxygen atoms in total. The number of aromatic nitrogens is 5. The smallest absolute Gasteiger partial charge is 0.294 e. The van der Waals surface area contributed by atoms with Gasteiger partial charge >= 0.3 is 0 Å². The number of nitrogen functional groups attached to an aromatic ring is 1. The minimum Gasteiger partial charge on any atom is -0.378 e. The standard InChI is InChI=1S/C18H12N10O6/c19-16-17(24-34-23-16)26-15(11-4-6-12(7-5-11)27(30)31)14(21-25-26)18(29)22-20-9-10-2-1-3-13(8-10)28(32)33/h1-9H,(H2,19,23)(H,22,29). The summed E-state index contributed by atoms with van der Waals surface area (Å²) < 4.78 is 5.67. The summed E-state index contributed by atoms with van der Waals surface area (Å²) in [5.41, 5.74) is 8.24. The molecule has 4 aromatic rings. The number of hydrazone groups is 1. The third-order valence-electron chi connectivity index (χ3n) is 4.39. The summed E-state index contributed by atoms with van der Waals surface area (Å²) in [5, 5.41) is 40.5. The van der Waals surface area contributed by atoms with Crippen molar-refractivity contribution in [3.05, 3.63) is 80.0 Å². The molecule has 0 saturated carbocycles. The Balaban J connectivity index is 1.67. The van der Waals surface area contributed by atoms with E-state index >= 15 is 0 Å². The number of benzene rings is 2. The Morgan fingerprint density at radius 2 is 1.82 bits per heavy atom. The van der Waals surface area contributed by atoms with Gasteiger partial charge in [-0.05, 0) is 22.4 Å². The highest BCUT2D eigenvalue weighted by Gasteiger charge is 2.25. The van der Waals surface area contributed by atoms with E-state index in [0.717, 1.165) is 4.68 Å². The van der Waals surface area contributed by atoms with Crippen LogP contribution in [-0.4, -0.2) is 47.3 Å². The van der Waals surface area contributed by atoms with Crippen molar-refractivity contribution in [2.75, 3.05) is 5.73 Å². The van der Waals surface area contributed by atoms with Crippen LogP contribution >= 0.6 is 0 Å². The fourth-order valence-corrected chi connectivity index (χ4v) is 2.86. The molecule has 0 unspecified atom stereocenters. The number of nitro benzene ring substituents is 2. The van der Waals surface area contributed by atoms with E-state index in [4.69, 9.17) is 5.73 Å². The van der Waals surface area contributed by atoms with Gasteiger partial charge in [-0.1, -0.05) is 17.3 Å². The number of hydrogen-bond donors (Lipinski definition) is 2. The number of nitrogens with zero attached hydrogens (tertiary/aromatic N) is 8. The molecule has 0 radical (unpaired) electrons. The molecule has 0 aliphatic rings. The summed E-state index contributed by atoms with van der Waals surface area (Å²) in [7, 11) is 0. The van der Waals surface area contributed by atoms with Crippen LogP contribution in [0, 0.1) is 20.2 Å². The highest BCUT2D eigenvalue weighted by Crippen LogP contribution is 2.28. The van der Waals surface area contributed by atoms with Crippen molar-refractivity contribution in [3.8, 4) is 17.1 Å². The molecule has 0 aliphatic carbocycles. The van der Waals surface area contributed by atoms with Crippen LogP contribution in [0.4, 0.5) is 17.2 Å². The van der Waals surface area contributed by atoms with E-state index in [1.165, 1.54) is 48.7 Å². The average Bonchev–Trinajstić information content (AvgIpc) is 3.45. The van der Waals surface area contributed by atoms with Crippen molar-refractivity contribution in [2.24, 2.45) is 5.10 Å². The second-order valence-corrected chi connectivity index (χ2v) is 6.53. The number of non-ortho nitro benzene ring substituents is 2. The molecule has 0 bridgehead atoms. The fourth-order valence-electron chi connectivity index (χ4n) is 2.86. The van der Waals surface area contributed by atoms with Gasteiger partial charge in [0.15, 0.2) is 5.69 Å². The second-order valence-electron chi connectivity index (χ2n) is 6.53. The van der Waals surface area contributed by atoms with Crippen LogP contribution in [-0.2, 0) is 0 Å². The molecule has 0 atom stereocenters. The maximum atomic E-state index is 12.8. The molecule has 0 spiro atoms. The quantitative estimate of drug-likeness (QED) is 0.226. The molecule has 1 amide bonds. The largest absolute Gasteiger partial charge is 0.378 e. The lowest BCUT2D eigenvalue weighted by Gasteiger charge is -2.05. The first-order valence-corrected chi connectivity index (χ1v) is 9.22. The van der Waals surface area contributed by atoms with E-state index in [1.54, 1.807) is 6.07 Å². The fraction of sp³-hybridized carbons (Fsp3) is 0. The lowest BCUT2D eigenvalue weighted by molar-refractivity contribution is -0.385. The summed E-state index contributed by atoms with van der Waals surface area (Å²) in [6, 6.07) is 10.9. The number of anilines is 1. The van der Waals surface area contributed by atoms with E-state index in [1.807, 2.05) is 0 Å². The van der Waals surface area contributed by atoms with Gasteiger partial charge in [-0.25, -0.2) is 10.1 Å². The zero-order valence-corrected chi connectivity index (χ0v) is 16.8. The van der Waals surface area contributed by atoms with Crippen LogP contribution in [0.3, 0.4) is 0 Å². The monoisotopic (exact) mass is 464 g/mol. The zero-order chi connectivity index (χ0) is 24.2. The van der Waals surface area contributed by atoms with E-state index in [-0.39, 0.29) is 34.4 Å². The highest BCUT2D eigenvalue weighted by molar-refractivity contribution is 5.98. The Hall–Kier alpha value is -5.54. The van der Waals surface area contributed by atoms with E-state index in [0.29, 0.717) is 11.1 Å². The van der Waals surface area contributed by atoms with E-state index in [2.05, 4.69) is 35.8 Å². The molecular weight excluding hydrogens is 452 g/mol. The molecule has 2 heterocycles. The normalized spacial score (nSPS) is 10.9. The minimum absolute atomic E-state index is 0.0556. The molecule has 2 aromatic heterocycles. The van der Waals surface area contributed by atoms with Gasteiger partial charge in [-0.2, -0.15) is 9.78 Å².